The maximum atomic E-state index is 11.6. The van der Waals surface area contributed by atoms with Crippen LogP contribution >= 0.6 is 0 Å². The van der Waals surface area contributed by atoms with Crippen LogP contribution in [0.25, 0.3) is 10.4 Å². The van der Waals surface area contributed by atoms with Gasteiger partial charge >= 0.3 is 0 Å². The van der Waals surface area contributed by atoms with Gasteiger partial charge in [0, 0.05) is 36.1 Å². The molecule has 126 valence electrons. The molecule has 0 atom stereocenters. The van der Waals surface area contributed by atoms with Crippen molar-refractivity contribution in [3.63, 3.8) is 0 Å². The van der Waals surface area contributed by atoms with Crippen molar-refractivity contribution >= 4 is 17.4 Å². The fourth-order valence-corrected chi connectivity index (χ4v) is 1.73. The minimum Gasteiger partial charge on any atom is -0.359 e. The zero-order chi connectivity index (χ0) is 17.8. The summed E-state index contributed by atoms with van der Waals surface area (Å²) in [6.07, 6.45) is 1.18. The third-order valence-corrected chi connectivity index (χ3v) is 2.82. The van der Waals surface area contributed by atoms with Crippen molar-refractivity contribution in [2.24, 2.45) is 17.0 Å². The molecule has 0 aliphatic rings. The molecule has 0 unspecified atom stereocenters. The summed E-state index contributed by atoms with van der Waals surface area (Å²) >= 11 is 0. The van der Waals surface area contributed by atoms with Crippen molar-refractivity contribution < 1.29 is 9.59 Å². The minimum absolute atomic E-state index is 0.123. The van der Waals surface area contributed by atoms with Crippen molar-refractivity contribution in [1.29, 1.82) is 0 Å². The summed E-state index contributed by atoms with van der Waals surface area (Å²) < 4.78 is 0. The van der Waals surface area contributed by atoms with Gasteiger partial charge in [0.15, 0.2) is 5.78 Å². The summed E-state index contributed by atoms with van der Waals surface area (Å²) in [4.78, 5) is 24.8. The Morgan fingerprint density at radius 2 is 1.61 bits per heavy atom. The number of ketones is 1. The van der Waals surface area contributed by atoms with Crippen LogP contribution in [-0.4, -0.2) is 18.7 Å². The number of hydrogen-bond donors (Lipinski definition) is 1. The highest BCUT2D eigenvalue weighted by Gasteiger charge is 2.07. The topological polar surface area (TPSA) is 94.9 Å². The van der Waals surface area contributed by atoms with Gasteiger partial charge in [-0.1, -0.05) is 57.1 Å². The van der Waals surface area contributed by atoms with E-state index in [2.05, 4.69) is 15.3 Å². The number of Topliss-reactive ketones (excluding diaryl/α,β-unsaturated/α-hetero) is 1. The fraction of sp³-hybridized carbons (Fsp3) is 0.529. The molecule has 6 heteroatoms. The first-order chi connectivity index (χ1) is 10.8. The second-order valence-corrected chi connectivity index (χ2v) is 6.03. The number of hydrogen-bond acceptors (Lipinski definition) is 3. The smallest absolute Gasteiger partial charge is 0.219 e. The minimum atomic E-state index is 0.123. The van der Waals surface area contributed by atoms with Crippen LogP contribution in [0.2, 0.25) is 0 Å². The molecular formula is C17H26N4O2. The van der Waals surface area contributed by atoms with Crippen LogP contribution in [0.1, 0.15) is 50.9 Å². The van der Waals surface area contributed by atoms with Gasteiger partial charge in [-0.3, -0.25) is 9.59 Å². The Kier molecular flexibility index (Phi) is 10.1. The maximum Gasteiger partial charge on any atom is 0.219 e. The van der Waals surface area contributed by atoms with Crippen LogP contribution in [0.3, 0.4) is 0 Å². The average molecular weight is 318 g/mol. The SMILES string of the molecule is CC(C)CC(=O)c1ccc(N=[N+]=[N-])cc1.CNC(=O)CC(C)C. The summed E-state index contributed by atoms with van der Waals surface area (Å²) in [7, 11) is 1.66. The Morgan fingerprint density at radius 3 is 1.96 bits per heavy atom. The summed E-state index contributed by atoms with van der Waals surface area (Å²) in [5, 5.41) is 5.99. The molecule has 0 heterocycles. The van der Waals surface area contributed by atoms with E-state index in [1.807, 2.05) is 27.7 Å². The predicted molar refractivity (Wildman–Crippen MR) is 92.6 cm³/mol. The van der Waals surface area contributed by atoms with Gasteiger partial charge in [-0.2, -0.15) is 0 Å². The summed E-state index contributed by atoms with van der Waals surface area (Å²) in [6, 6.07) is 6.67. The lowest BCUT2D eigenvalue weighted by Gasteiger charge is -2.03. The van der Waals surface area contributed by atoms with E-state index < -0.39 is 0 Å². The fourth-order valence-electron chi connectivity index (χ4n) is 1.73. The predicted octanol–water partition coefficient (Wildman–Crippen LogP) is 4.64. The number of nitrogens with one attached hydrogen (secondary N) is 1. The first-order valence-electron chi connectivity index (χ1n) is 7.69. The largest absolute Gasteiger partial charge is 0.359 e. The van der Waals surface area contributed by atoms with E-state index in [4.69, 9.17) is 5.53 Å². The first-order valence-corrected chi connectivity index (χ1v) is 7.69. The van der Waals surface area contributed by atoms with Gasteiger partial charge in [0.05, 0.1) is 0 Å². The monoisotopic (exact) mass is 318 g/mol. The van der Waals surface area contributed by atoms with Crippen LogP contribution in [0.5, 0.6) is 0 Å². The van der Waals surface area contributed by atoms with E-state index in [9.17, 15) is 9.59 Å². The van der Waals surface area contributed by atoms with Crippen LogP contribution in [0.4, 0.5) is 5.69 Å². The third kappa shape index (κ3) is 10.1. The second kappa shape index (κ2) is 11.3. The van der Waals surface area contributed by atoms with Crippen molar-refractivity contribution in [2.45, 2.75) is 40.5 Å². The molecule has 1 amide bonds. The Balaban J connectivity index is 0.000000515. The Bertz CT molecular complexity index is 544. The van der Waals surface area contributed by atoms with E-state index in [0.717, 1.165) is 0 Å². The Morgan fingerprint density at radius 1 is 1.09 bits per heavy atom. The summed E-state index contributed by atoms with van der Waals surface area (Å²) in [5.41, 5.74) is 9.40. The van der Waals surface area contributed by atoms with Gasteiger partial charge in [0.1, 0.15) is 0 Å². The first kappa shape index (κ1) is 20.7. The van der Waals surface area contributed by atoms with Crippen molar-refractivity contribution in [2.75, 3.05) is 7.05 Å². The van der Waals surface area contributed by atoms with Crippen LogP contribution in [0, 0.1) is 11.8 Å². The second-order valence-electron chi connectivity index (χ2n) is 6.03. The maximum absolute atomic E-state index is 11.6. The van der Waals surface area contributed by atoms with Gasteiger partial charge in [0.25, 0.3) is 0 Å². The molecular weight excluding hydrogens is 292 g/mol. The molecule has 0 bridgehead atoms. The summed E-state index contributed by atoms with van der Waals surface area (Å²) in [6.45, 7) is 8.06. The Hall–Kier alpha value is -2.33. The lowest BCUT2D eigenvalue weighted by atomic mass is 10.0. The molecule has 23 heavy (non-hydrogen) atoms. The third-order valence-electron chi connectivity index (χ3n) is 2.82. The number of rotatable bonds is 6. The zero-order valence-electron chi connectivity index (χ0n) is 14.5. The van der Waals surface area contributed by atoms with Crippen molar-refractivity contribution in [3.05, 3.63) is 40.3 Å². The number of nitrogens with zero attached hydrogens (tertiary/aromatic N) is 3. The van der Waals surface area contributed by atoms with E-state index in [-0.39, 0.29) is 11.7 Å². The lowest BCUT2D eigenvalue weighted by molar-refractivity contribution is -0.121. The summed E-state index contributed by atoms with van der Waals surface area (Å²) in [5.74, 6) is 1.07. The highest BCUT2D eigenvalue weighted by Crippen LogP contribution is 2.15. The van der Waals surface area contributed by atoms with Gasteiger partial charge in [-0.25, -0.2) is 0 Å². The molecule has 1 aromatic rings. The molecule has 0 aromatic heterocycles. The van der Waals surface area contributed by atoms with Crippen LogP contribution in [0.15, 0.2) is 29.4 Å². The van der Waals surface area contributed by atoms with Gasteiger partial charge < -0.3 is 5.32 Å². The van der Waals surface area contributed by atoms with E-state index in [1.165, 1.54) is 0 Å². The highest BCUT2D eigenvalue weighted by atomic mass is 16.1. The molecule has 1 rings (SSSR count). The highest BCUT2D eigenvalue weighted by molar-refractivity contribution is 5.96. The molecule has 1 aromatic carbocycles. The molecule has 1 N–H and O–H groups in total. The molecule has 6 nitrogen and oxygen atoms in total. The van der Waals surface area contributed by atoms with Crippen molar-refractivity contribution in [3.8, 4) is 0 Å². The van der Waals surface area contributed by atoms with E-state index >= 15 is 0 Å². The molecule has 0 aliphatic heterocycles. The number of amides is 1. The standard InChI is InChI=1S/C11H13N3O.C6H13NO/c1-8(2)7-11(15)9-3-5-10(6-4-9)13-14-12;1-5(2)4-6(8)7-3/h3-6,8H,7H2,1-2H3;5H,4H2,1-3H3,(H,7,8). The van der Waals surface area contributed by atoms with Gasteiger partial charge in [-0.05, 0) is 17.4 Å². The average Bonchev–Trinajstić information content (AvgIpc) is 2.47. The molecule has 0 spiro atoms. The van der Waals surface area contributed by atoms with E-state index in [1.54, 1.807) is 31.3 Å². The van der Waals surface area contributed by atoms with Gasteiger partial charge in [0.2, 0.25) is 5.91 Å². The number of carbonyl (C=O) groups excluding carboxylic acids is 2. The van der Waals surface area contributed by atoms with E-state index in [0.29, 0.717) is 35.9 Å². The van der Waals surface area contributed by atoms with Crippen molar-refractivity contribution in [1.82, 2.24) is 5.32 Å². The normalized spacial score (nSPS) is 9.70. The molecule has 0 saturated heterocycles. The molecule has 0 aliphatic carbocycles. The van der Waals surface area contributed by atoms with Crippen LogP contribution in [-0.2, 0) is 4.79 Å². The Labute approximate surface area is 137 Å². The molecule has 0 saturated carbocycles. The molecule has 0 fully saturated rings. The quantitative estimate of drug-likeness (QED) is 0.358. The number of benzene rings is 1. The molecule has 0 radical (unpaired) electrons. The number of azide groups is 1. The van der Waals surface area contributed by atoms with Crippen LogP contribution < -0.4 is 5.32 Å². The van der Waals surface area contributed by atoms with Gasteiger partial charge in [-0.15, -0.1) is 0 Å². The zero-order valence-corrected chi connectivity index (χ0v) is 14.5. The lowest BCUT2D eigenvalue weighted by Crippen LogP contribution is -2.19. The number of carbonyl (C=O) groups is 2.